The molecule has 0 aliphatic heterocycles. The maximum Gasteiger partial charge on any atom is 0.150 e. The molecule has 32 heavy (non-hydrogen) atoms. The van der Waals surface area contributed by atoms with Crippen molar-refractivity contribution in [2.24, 2.45) is 0 Å². The van der Waals surface area contributed by atoms with E-state index >= 15 is 0 Å². The zero-order chi connectivity index (χ0) is 22.8. The van der Waals surface area contributed by atoms with Crippen molar-refractivity contribution in [1.82, 2.24) is 0 Å². The van der Waals surface area contributed by atoms with Crippen LogP contribution < -0.4 is 4.74 Å². The molecule has 164 valence electrons. The van der Waals surface area contributed by atoms with Crippen molar-refractivity contribution >= 4 is 30.6 Å². The molecular formula is C30H32O2. The van der Waals surface area contributed by atoms with Gasteiger partial charge in [0.05, 0.1) is 7.11 Å². The van der Waals surface area contributed by atoms with Crippen LogP contribution in [0.25, 0.3) is 24.3 Å². The van der Waals surface area contributed by atoms with Crippen LogP contribution in [-0.4, -0.2) is 13.4 Å². The highest BCUT2D eigenvalue weighted by molar-refractivity contribution is 5.81. The predicted octanol–water partition coefficient (Wildman–Crippen LogP) is 7.75. The van der Waals surface area contributed by atoms with Gasteiger partial charge >= 0.3 is 0 Å². The average Bonchev–Trinajstić information content (AvgIpc) is 2.83. The fourth-order valence-corrected chi connectivity index (χ4v) is 3.78. The second kappa shape index (κ2) is 11.9. The number of benzene rings is 3. The number of hydrogen-bond acceptors (Lipinski definition) is 2. The summed E-state index contributed by atoms with van der Waals surface area (Å²) < 4.78 is 5.20. The lowest BCUT2D eigenvalue weighted by molar-refractivity contribution is 0.112. The van der Waals surface area contributed by atoms with Crippen LogP contribution in [0.1, 0.15) is 70.4 Å². The smallest absolute Gasteiger partial charge is 0.150 e. The minimum absolute atomic E-state index is 0.834. The largest absolute Gasteiger partial charge is 0.497 e. The molecule has 0 atom stereocenters. The maximum atomic E-state index is 11.5. The molecule has 3 rings (SSSR count). The summed E-state index contributed by atoms with van der Waals surface area (Å²) in [5.74, 6) is 0.864. The van der Waals surface area contributed by atoms with Gasteiger partial charge in [0.15, 0.2) is 0 Å². The van der Waals surface area contributed by atoms with Crippen LogP contribution in [0.3, 0.4) is 0 Å². The van der Waals surface area contributed by atoms with Crippen LogP contribution in [0, 0.1) is 0 Å². The summed E-state index contributed by atoms with van der Waals surface area (Å²) in [5, 5.41) is 0. The molecule has 0 saturated carbocycles. The van der Waals surface area contributed by atoms with Gasteiger partial charge in [0, 0.05) is 5.56 Å². The van der Waals surface area contributed by atoms with Gasteiger partial charge in [-0.25, -0.2) is 0 Å². The number of carbonyl (C=O) groups is 1. The predicted molar refractivity (Wildman–Crippen MR) is 137 cm³/mol. The van der Waals surface area contributed by atoms with Crippen LogP contribution in [0.15, 0.2) is 60.7 Å². The van der Waals surface area contributed by atoms with Crippen LogP contribution in [0.2, 0.25) is 0 Å². The van der Waals surface area contributed by atoms with Gasteiger partial charge < -0.3 is 4.74 Å². The average molecular weight is 425 g/mol. The molecule has 0 bridgehead atoms. The van der Waals surface area contributed by atoms with E-state index in [9.17, 15) is 4.79 Å². The summed E-state index contributed by atoms with van der Waals surface area (Å²) in [7, 11) is 1.68. The molecule has 0 radical (unpaired) electrons. The van der Waals surface area contributed by atoms with Crippen molar-refractivity contribution in [3.05, 3.63) is 99.6 Å². The van der Waals surface area contributed by atoms with Gasteiger partial charge in [0.2, 0.25) is 0 Å². The standard InChI is InChI=1S/C30H32O2/c1-4-6-26-21-29(22-31)27(7-5-2)20-28(26)17-14-24-11-8-23(9-12-24)10-13-25-15-18-30(32-3)19-16-25/h8-22H,4-7H2,1-3H3/b13-10+,17-14+. The van der Waals surface area contributed by atoms with E-state index in [-0.39, 0.29) is 0 Å². The van der Waals surface area contributed by atoms with E-state index in [0.29, 0.717) is 0 Å². The summed E-state index contributed by atoms with van der Waals surface area (Å²) in [5.41, 5.74) is 7.88. The monoisotopic (exact) mass is 424 g/mol. The summed E-state index contributed by atoms with van der Waals surface area (Å²) in [6, 6.07) is 20.8. The Morgan fingerprint density at radius 2 is 1.09 bits per heavy atom. The highest BCUT2D eigenvalue weighted by atomic mass is 16.5. The normalized spacial score (nSPS) is 11.3. The van der Waals surface area contributed by atoms with Crippen molar-refractivity contribution in [2.75, 3.05) is 7.11 Å². The molecule has 0 saturated heterocycles. The molecule has 0 fully saturated rings. The molecule has 0 heterocycles. The first-order valence-corrected chi connectivity index (χ1v) is 11.4. The van der Waals surface area contributed by atoms with E-state index in [1.165, 1.54) is 11.1 Å². The first-order valence-electron chi connectivity index (χ1n) is 11.4. The number of ether oxygens (including phenoxy) is 1. The van der Waals surface area contributed by atoms with Crippen molar-refractivity contribution in [2.45, 2.75) is 39.5 Å². The summed E-state index contributed by atoms with van der Waals surface area (Å²) in [4.78, 5) is 11.5. The van der Waals surface area contributed by atoms with Crippen LogP contribution in [0.4, 0.5) is 0 Å². The second-order valence-electron chi connectivity index (χ2n) is 7.97. The molecule has 2 nitrogen and oxygen atoms in total. The summed E-state index contributed by atoms with van der Waals surface area (Å²) in [6.45, 7) is 4.32. The molecule has 0 N–H and O–H groups in total. The van der Waals surface area contributed by atoms with Gasteiger partial charge in [0.1, 0.15) is 12.0 Å². The maximum absolute atomic E-state index is 11.5. The number of methoxy groups -OCH3 is 1. The highest BCUT2D eigenvalue weighted by Gasteiger charge is 2.07. The molecule has 3 aromatic carbocycles. The van der Waals surface area contributed by atoms with E-state index in [2.05, 4.69) is 74.5 Å². The van der Waals surface area contributed by atoms with Gasteiger partial charge in [-0.15, -0.1) is 0 Å². The quantitative estimate of drug-likeness (QED) is 0.246. The Morgan fingerprint density at radius 3 is 1.56 bits per heavy atom. The molecule has 3 aromatic rings. The Hall–Kier alpha value is -3.39. The van der Waals surface area contributed by atoms with Gasteiger partial charge in [-0.3, -0.25) is 4.79 Å². The third kappa shape index (κ3) is 6.31. The molecule has 0 unspecified atom stereocenters. The number of aldehydes is 1. The van der Waals surface area contributed by atoms with Crippen molar-refractivity contribution in [1.29, 1.82) is 0 Å². The second-order valence-corrected chi connectivity index (χ2v) is 7.97. The number of carbonyl (C=O) groups excluding carboxylic acids is 1. The van der Waals surface area contributed by atoms with Crippen molar-refractivity contribution in [3.63, 3.8) is 0 Å². The van der Waals surface area contributed by atoms with Gasteiger partial charge in [-0.1, -0.05) is 93.5 Å². The summed E-state index contributed by atoms with van der Waals surface area (Å²) >= 11 is 0. The zero-order valence-electron chi connectivity index (χ0n) is 19.3. The van der Waals surface area contributed by atoms with E-state index in [4.69, 9.17) is 4.74 Å². The van der Waals surface area contributed by atoms with Crippen molar-refractivity contribution in [3.8, 4) is 5.75 Å². The van der Waals surface area contributed by atoms with Gasteiger partial charge in [-0.2, -0.15) is 0 Å². The fourth-order valence-electron chi connectivity index (χ4n) is 3.78. The van der Waals surface area contributed by atoms with E-state index in [1.807, 2.05) is 24.3 Å². The number of hydrogen-bond donors (Lipinski definition) is 0. The third-order valence-electron chi connectivity index (χ3n) is 5.54. The lowest BCUT2D eigenvalue weighted by atomic mass is 9.93. The van der Waals surface area contributed by atoms with Crippen molar-refractivity contribution < 1.29 is 9.53 Å². The molecule has 0 spiro atoms. The third-order valence-corrected chi connectivity index (χ3v) is 5.54. The lowest BCUT2D eigenvalue weighted by Gasteiger charge is -2.11. The number of rotatable bonds is 10. The Labute approximate surface area is 192 Å². The Balaban J connectivity index is 1.76. The zero-order valence-corrected chi connectivity index (χ0v) is 19.3. The first kappa shape index (κ1) is 23.3. The van der Waals surface area contributed by atoms with E-state index < -0.39 is 0 Å². The Kier molecular flexibility index (Phi) is 8.62. The molecule has 0 aromatic heterocycles. The SMILES string of the molecule is CCCc1cc(/C=C/c2ccc(/C=C/c3ccc(OC)cc3)cc2)c(CCC)cc1C=O. The van der Waals surface area contributed by atoms with Crippen LogP contribution in [-0.2, 0) is 12.8 Å². The van der Waals surface area contributed by atoms with Gasteiger partial charge in [-0.05, 0) is 64.4 Å². The highest BCUT2D eigenvalue weighted by Crippen LogP contribution is 2.22. The Morgan fingerprint density at radius 1 is 0.656 bits per heavy atom. The molecule has 0 amide bonds. The molecule has 2 heteroatoms. The number of aryl methyl sites for hydroxylation is 2. The van der Waals surface area contributed by atoms with E-state index in [1.54, 1.807) is 7.11 Å². The molecule has 0 aliphatic carbocycles. The first-order chi connectivity index (χ1) is 15.7. The Bertz CT molecular complexity index is 1070. The lowest BCUT2D eigenvalue weighted by Crippen LogP contribution is -1.98. The molecule has 0 aliphatic rings. The van der Waals surface area contributed by atoms with Gasteiger partial charge in [0.25, 0.3) is 0 Å². The summed E-state index contributed by atoms with van der Waals surface area (Å²) in [6.07, 6.45) is 13.5. The fraction of sp³-hybridized carbons (Fsp3) is 0.233. The van der Waals surface area contributed by atoms with E-state index in [0.717, 1.165) is 65.5 Å². The minimum Gasteiger partial charge on any atom is -0.497 e. The minimum atomic E-state index is 0.834. The van der Waals surface area contributed by atoms with Crippen LogP contribution in [0.5, 0.6) is 5.75 Å². The topological polar surface area (TPSA) is 26.3 Å². The van der Waals surface area contributed by atoms with Crippen LogP contribution >= 0.6 is 0 Å². The molecular weight excluding hydrogens is 392 g/mol.